The average molecular weight is 518 g/mol. The minimum atomic E-state index is -2.07. The third kappa shape index (κ3) is 8.34. The summed E-state index contributed by atoms with van der Waals surface area (Å²) in [4.78, 5) is 25.4. The Labute approximate surface area is 210 Å². The van der Waals surface area contributed by atoms with E-state index in [9.17, 15) is 9.59 Å². The Kier molecular flexibility index (Phi) is 9.71. The van der Waals surface area contributed by atoms with Gasteiger partial charge < -0.3 is 23.6 Å². The fourth-order valence-electron chi connectivity index (χ4n) is 3.38. The molecule has 1 aliphatic carbocycles. The number of ether oxygens (including phenoxy) is 2. The first-order chi connectivity index (χ1) is 15.0. The molecule has 0 bridgehead atoms. The summed E-state index contributed by atoms with van der Waals surface area (Å²) in [5, 5.41) is 3.10. The predicted octanol–water partition coefficient (Wildman–Crippen LogP) is 5.96. The number of amides is 1. The monoisotopic (exact) mass is 517 g/mol. The molecule has 34 heavy (non-hydrogen) atoms. The first kappa shape index (κ1) is 31.1. The molecular formula is C25H51NO6Si2. The lowest BCUT2D eigenvalue weighted by atomic mass is 10.1. The average Bonchev–Trinajstić information content (AvgIpc) is 3.33. The number of rotatable bonds is 9. The summed E-state index contributed by atoms with van der Waals surface area (Å²) in [5.74, 6) is -0.770. The molecule has 0 aromatic carbocycles. The Morgan fingerprint density at radius 1 is 0.853 bits per heavy atom. The van der Waals surface area contributed by atoms with Gasteiger partial charge in [0.25, 0.3) is 0 Å². The number of esters is 1. The standard InChI is InChI=1S/C25H51NO6Si2/c1-23(2,3)32-22(28)26-18(16-31-34(13,14)25(7,8)9)19-17(20(19)21(27)29-10)15-30-33(11,12)24(4,5)6/h17-20H,15-16H2,1-14H3,(H,26,28)/t17-,18+,19+,20+/m0/s1. The molecule has 0 spiro atoms. The highest BCUT2D eigenvalue weighted by molar-refractivity contribution is 6.74. The molecule has 0 unspecified atom stereocenters. The van der Waals surface area contributed by atoms with Crippen LogP contribution in [0.4, 0.5) is 4.79 Å². The van der Waals surface area contributed by atoms with E-state index in [1.807, 2.05) is 20.8 Å². The van der Waals surface area contributed by atoms with Gasteiger partial charge in [0.15, 0.2) is 16.6 Å². The van der Waals surface area contributed by atoms with Crippen molar-refractivity contribution in [2.45, 2.75) is 110 Å². The van der Waals surface area contributed by atoms with Crippen molar-refractivity contribution < 1.29 is 27.9 Å². The second kappa shape index (κ2) is 10.6. The summed E-state index contributed by atoms with van der Waals surface area (Å²) in [7, 11) is -2.65. The second-order valence-electron chi connectivity index (χ2n) is 13.7. The van der Waals surface area contributed by atoms with Crippen molar-refractivity contribution in [2.24, 2.45) is 17.8 Å². The van der Waals surface area contributed by atoms with Gasteiger partial charge >= 0.3 is 12.1 Å². The Hall–Kier alpha value is -0.906. The number of carbonyl (C=O) groups excluding carboxylic acids is 2. The SMILES string of the molecule is COC(=O)[C@@H]1[C@@H](CO[Si](C)(C)C(C)(C)C)[C@@H]1[C@@H](CO[Si](C)(C)C(C)(C)C)NC(=O)OC(C)(C)C. The quantitative estimate of drug-likeness (QED) is 0.300. The summed E-state index contributed by atoms with van der Waals surface area (Å²) in [6.07, 6.45) is -0.504. The fraction of sp³-hybridized carbons (Fsp3) is 0.920. The summed E-state index contributed by atoms with van der Waals surface area (Å²) < 4.78 is 23.6. The highest BCUT2D eigenvalue weighted by atomic mass is 28.4. The topological polar surface area (TPSA) is 83.1 Å². The number of nitrogens with one attached hydrogen (secondary N) is 1. The number of methoxy groups -OCH3 is 1. The highest BCUT2D eigenvalue weighted by Gasteiger charge is 2.60. The summed E-state index contributed by atoms with van der Waals surface area (Å²) >= 11 is 0. The van der Waals surface area contributed by atoms with Gasteiger partial charge in [-0.2, -0.15) is 0 Å². The van der Waals surface area contributed by atoms with Crippen LogP contribution in [-0.4, -0.2) is 60.7 Å². The number of hydrogen-bond donors (Lipinski definition) is 1. The minimum absolute atomic E-state index is 0.0274. The second-order valence-corrected chi connectivity index (χ2v) is 23.3. The van der Waals surface area contributed by atoms with Crippen molar-refractivity contribution in [2.75, 3.05) is 20.3 Å². The van der Waals surface area contributed by atoms with Crippen LogP contribution in [0, 0.1) is 17.8 Å². The predicted molar refractivity (Wildman–Crippen MR) is 142 cm³/mol. The van der Waals surface area contributed by atoms with Crippen LogP contribution in [0.2, 0.25) is 36.3 Å². The molecule has 4 atom stereocenters. The normalized spacial score (nSPS) is 22.7. The zero-order valence-electron chi connectivity index (χ0n) is 24.2. The van der Waals surface area contributed by atoms with Crippen molar-refractivity contribution in [3.05, 3.63) is 0 Å². The number of hydrogen-bond acceptors (Lipinski definition) is 6. The van der Waals surface area contributed by atoms with Gasteiger partial charge in [-0.1, -0.05) is 41.5 Å². The fourth-order valence-corrected chi connectivity index (χ4v) is 5.45. The molecule has 0 heterocycles. The molecule has 1 aliphatic rings. The first-order valence-electron chi connectivity index (χ1n) is 12.4. The van der Waals surface area contributed by atoms with Crippen LogP contribution in [0.3, 0.4) is 0 Å². The molecule has 1 saturated carbocycles. The first-order valence-corrected chi connectivity index (χ1v) is 18.2. The van der Waals surface area contributed by atoms with Gasteiger partial charge in [-0.25, -0.2) is 4.79 Å². The van der Waals surface area contributed by atoms with Crippen molar-refractivity contribution in [3.63, 3.8) is 0 Å². The van der Waals surface area contributed by atoms with Crippen molar-refractivity contribution in [3.8, 4) is 0 Å². The van der Waals surface area contributed by atoms with E-state index in [2.05, 4.69) is 73.0 Å². The number of alkyl carbamates (subject to hydrolysis) is 1. The van der Waals surface area contributed by atoms with E-state index >= 15 is 0 Å². The van der Waals surface area contributed by atoms with Crippen molar-refractivity contribution in [1.82, 2.24) is 5.32 Å². The maximum absolute atomic E-state index is 12.7. The van der Waals surface area contributed by atoms with E-state index in [1.165, 1.54) is 7.11 Å². The summed E-state index contributed by atoms with van der Waals surface area (Å²) in [6, 6.07) is -0.374. The van der Waals surface area contributed by atoms with Crippen LogP contribution in [0.25, 0.3) is 0 Å². The van der Waals surface area contributed by atoms with Crippen LogP contribution in [0.1, 0.15) is 62.3 Å². The van der Waals surface area contributed by atoms with E-state index < -0.39 is 28.3 Å². The molecule has 0 aliphatic heterocycles. The van der Waals surface area contributed by atoms with Crippen LogP contribution in [0.5, 0.6) is 0 Å². The molecule has 1 fully saturated rings. The Morgan fingerprint density at radius 2 is 1.32 bits per heavy atom. The molecule has 9 heteroatoms. The van der Waals surface area contributed by atoms with E-state index in [0.717, 1.165) is 0 Å². The molecule has 0 aromatic rings. The minimum Gasteiger partial charge on any atom is -0.469 e. The molecule has 0 aromatic heterocycles. The van der Waals surface area contributed by atoms with Gasteiger partial charge in [0.05, 0.1) is 25.7 Å². The van der Waals surface area contributed by atoms with Gasteiger partial charge in [0.2, 0.25) is 0 Å². The Bertz CT molecular complexity index is 718. The zero-order valence-corrected chi connectivity index (χ0v) is 26.2. The molecule has 1 amide bonds. The van der Waals surface area contributed by atoms with Gasteiger partial charge in [-0.05, 0) is 57.0 Å². The maximum atomic E-state index is 12.7. The lowest BCUT2D eigenvalue weighted by molar-refractivity contribution is -0.143. The molecule has 200 valence electrons. The lowest BCUT2D eigenvalue weighted by Crippen LogP contribution is -2.48. The molecule has 1 N–H and O–H groups in total. The summed E-state index contributed by atoms with van der Waals surface area (Å²) in [5.41, 5.74) is -0.620. The van der Waals surface area contributed by atoms with E-state index in [1.54, 1.807) is 0 Å². The van der Waals surface area contributed by atoms with Crippen molar-refractivity contribution >= 4 is 28.7 Å². The van der Waals surface area contributed by atoms with Gasteiger partial charge in [-0.15, -0.1) is 0 Å². The molecular weight excluding hydrogens is 466 g/mol. The van der Waals surface area contributed by atoms with E-state index in [-0.39, 0.29) is 39.8 Å². The molecule has 0 radical (unpaired) electrons. The molecule has 0 saturated heterocycles. The van der Waals surface area contributed by atoms with E-state index in [0.29, 0.717) is 13.2 Å². The van der Waals surface area contributed by atoms with Crippen LogP contribution in [-0.2, 0) is 23.1 Å². The Morgan fingerprint density at radius 3 is 1.74 bits per heavy atom. The number of carbonyl (C=O) groups is 2. The van der Waals surface area contributed by atoms with Crippen LogP contribution in [0.15, 0.2) is 0 Å². The summed E-state index contributed by atoms with van der Waals surface area (Å²) in [6.45, 7) is 28.2. The lowest BCUT2D eigenvalue weighted by Gasteiger charge is -2.37. The van der Waals surface area contributed by atoms with Gasteiger partial charge in [0.1, 0.15) is 5.60 Å². The largest absolute Gasteiger partial charge is 0.469 e. The van der Waals surface area contributed by atoms with E-state index in [4.69, 9.17) is 18.3 Å². The van der Waals surface area contributed by atoms with Crippen LogP contribution >= 0.6 is 0 Å². The Balaban J connectivity index is 3.14. The zero-order chi connectivity index (χ0) is 26.9. The third-order valence-corrected chi connectivity index (χ3v) is 16.7. The smallest absolute Gasteiger partial charge is 0.407 e. The van der Waals surface area contributed by atoms with Crippen molar-refractivity contribution in [1.29, 1.82) is 0 Å². The maximum Gasteiger partial charge on any atom is 0.407 e. The van der Waals surface area contributed by atoms with Gasteiger partial charge in [0, 0.05) is 18.4 Å². The highest BCUT2D eigenvalue weighted by Crippen LogP contribution is 2.51. The van der Waals surface area contributed by atoms with Gasteiger partial charge in [-0.3, -0.25) is 4.79 Å². The molecule has 1 rings (SSSR count). The van der Waals surface area contributed by atoms with Crippen LogP contribution < -0.4 is 5.32 Å². The molecule has 7 nitrogen and oxygen atoms in total. The third-order valence-electron chi connectivity index (χ3n) is 7.74.